The van der Waals surface area contributed by atoms with Crippen molar-refractivity contribution in [1.29, 1.82) is 0 Å². The Labute approximate surface area is 111 Å². The van der Waals surface area contributed by atoms with E-state index in [0.29, 0.717) is 5.88 Å². The van der Waals surface area contributed by atoms with E-state index < -0.39 is 0 Å². The molecule has 16 heavy (non-hydrogen) atoms. The molecule has 2 atom stereocenters. The van der Waals surface area contributed by atoms with Crippen LogP contribution in [0.1, 0.15) is 19.4 Å². The maximum Gasteiger partial charge on any atom is 0.0485 e. The molecule has 2 rings (SSSR count). The van der Waals surface area contributed by atoms with Gasteiger partial charge in [-0.1, -0.05) is 35.8 Å². The summed E-state index contributed by atoms with van der Waals surface area (Å²) in [5, 5.41) is 0. The standard InChI is InChI=1S/C13H17BrClN/c1-9-7-16(8-10(9)2)12-4-3-11(6-15)13(14)5-12/h3-5,9-10H,6-8H2,1-2H3. The fraction of sp³-hybridized carbons (Fsp3) is 0.538. The summed E-state index contributed by atoms with van der Waals surface area (Å²) in [5.41, 5.74) is 2.46. The zero-order valence-corrected chi connectivity index (χ0v) is 12.1. The maximum absolute atomic E-state index is 5.85. The third-order valence-corrected chi connectivity index (χ3v) is 4.56. The van der Waals surface area contributed by atoms with Crippen molar-refractivity contribution in [1.82, 2.24) is 0 Å². The average molecular weight is 303 g/mol. The molecule has 2 unspecified atom stereocenters. The molecule has 1 aromatic rings. The first kappa shape index (κ1) is 12.3. The van der Waals surface area contributed by atoms with Gasteiger partial charge in [-0.3, -0.25) is 0 Å². The SMILES string of the molecule is CC1CN(c2ccc(CCl)c(Br)c2)CC1C. The molecular formula is C13H17BrClN. The lowest BCUT2D eigenvalue weighted by molar-refractivity contribution is 0.494. The summed E-state index contributed by atoms with van der Waals surface area (Å²) in [5.74, 6) is 2.13. The van der Waals surface area contributed by atoms with Crippen molar-refractivity contribution in [2.75, 3.05) is 18.0 Å². The van der Waals surface area contributed by atoms with Crippen LogP contribution in [0.25, 0.3) is 0 Å². The molecular weight excluding hydrogens is 286 g/mol. The molecule has 1 aliphatic heterocycles. The highest BCUT2D eigenvalue weighted by Crippen LogP contribution is 2.31. The third kappa shape index (κ3) is 2.38. The molecule has 0 saturated carbocycles. The first-order valence-corrected chi connectivity index (χ1v) is 7.04. The maximum atomic E-state index is 5.85. The van der Waals surface area contributed by atoms with Crippen molar-refractivity contribution >= 4 is 33.2 Å². The molecule has 1 nitrogen and oxygen atoms in total. The number of hydrogen-bond acceptors (Lipinski definition) is 1. The molecule has 1 saturated heterocycles. The first-order chi connectivity index (χ1) is 7.61. The van der Waals surface area contributed by atoms with E-state index in [1.165, 1.54) is 5.69 Å². The zero-order chi connectivity index (χ0) is 11.7. The van der Waals surface area contributed by atoms with Gasteiger partial charge in [-0.05, 0) is 29.5 Å². The molecule has 0 radical (unpaired) electrons. The molecule has 0 bridgehead atoms. The Morgan fingerprint density at radius 1 is 1.31 bits per heavy atom. The monoisotopic (exact) mass is 301 g/mol. The summed E-state index contributed by atoms with van der Waals surface area (Å²) in [6.45, 7) is 6.97. The molecule has 3 heteroatoms. The molecule has 0 aliphatic carbocycles. The van der Waals surface area contributed by atoms with Gasteiger partial charge in [-0.15, -0.1) is 11.6 Å². The van der Waals surface area contributed by atoms with Crippen LogP contribution in [0.5, 0.6) is 0 Å². The van der Waals surface area contributed by atoms with E-state index in [-0.39, 0.29) is 0 Å². The lowest BCUT2D eigenvalue weighted by Gasteiger charge is -2.19. The summed E-state index contributed by atoms with van der Waals surface area (Å²) in [4.78, 5) is 2.46. The van der Waals surface area contributed by atoms with Crippen molar-refractivity contribution < 1.29 is 0 Å². The molecule has 0 amide bonds. The quantitative estimate of drug-likeness (QED) is 0.737. The largest absolute Gasteiger partial charge is 0.371 e. The van der Waals surface area contributed by atoms with Crippen LogP contribution >= 0.6 is 27.5 Å². The topological polar surface area (TPSA) is 3.24 Å². The molecule has 0 spiro atoms. The van der Waals surface area contributed by atoms with E-state index >= 15 is 0 Å². The zero-order valence-electron chi connectivity index (χ0n) is 9.71. The molecule has 88 valence electrons. The number of rotatable bonds is 2. The normalized spacial score (nSPS) is 25.1. The second-order valence-corrected chi connectivity index (χ2v) is 5.89. The van der Waals surface area contributed by atoms with Gasteiger partial charge in [0.2, 0.25) is 0 Å². The van der Waals surface area contributed by atoms with Gasteiger partial charge in [0.15, 0.2) is 0 Å². The van der Waals surface area contributed by atoms with Crippen molar-refractivity contribution in [2.24, 2.45) is 11.8 Å². The molecule has 1 aliphatic rings. The summed E-state index contributed by atoms with van der Waals surface area (Å²) < 4.78 is 1.12. The molecule has 1 aromatic carbocycles. The number of benzene rings is 1. The number of alkyl halides is 1. The highest BCUT2D eigenvalue weighted by atomic mass is 79.9. The second kappa shape index (κ2) is 4.97. The number of halogens is 2. The van der Waals surface area contributed by atoms with Crippen LogP contribution in [0.2, 0.25) is 0 Å². The number of anilines is 1. The van der Waals surface area contributed by atoms with Crippen LogP contribution in [0, 0.1) is 11.8 Å². The molecule has 1 fully saturated rings. The van der Waals surface area contributed by atoms with Crippen LogP contribution in [-0.4, -0.2) is 13.1 Å². The minimum Gasteiger partial charge on any atom is -0.371 e. The van der Waals surface area contributed by atoms with E-state index in [1.54, 1.807) is 0 Å². The van der Waals surface area contributed by atoms with Gasteiger partial charge < -0.3 is 4.90 Å². The Kier molecular flexibility index (Phi) is 3.81. The van der Waals surface area contributed by atoms with Gasteiger partial charge >= 0.3 is 0 Å². The summed E-state index contributed by atoms with van der Waals surface area (Å²) in [6.07, 6.45) is 0. The Morgan fingerprint density at radius 2 is 1.94 bits per heavy atom. The van der Waals surface area contributed by atoms with Gasteiger partial charge in [0.05, 0.1) is 0 Å². The summed E-state index contributed by atoms with van der Waals surface area (Å²) in [7, 11) is 0. The smallest absolute Gasteiger partial charge is 0.0485 e. The van der Waals surface area contributed by atoms with Gasteiger partial charge in [0, 0.05) is 29.1 Å². The van der Waals surface area contributed by atoms with Gasteiger partial charge in [-0.2, -0.15) is 0 Å². The van der Waals surface area contributed by atoms with E-state index in [4.69, 9.17) is 11.6 Å². The van der Waals surface area contributed by atoms with E-state index in [1.807, 2.05) is 0 Å². The van der Waals surface area contributed by atoms with Crippen molar-refractivity contribution in [3.05, 3.63) is 28.2 Å². The van der Waals surface area contributed by atoms with Crippen molar-refractivity contribution in [3.8, 4) is 0 Å². The van der Waals surface area contributed by atoms with Crippen molar-refractivity contribution in [3.63, 3.8) is 0 Å². The lowest BCUT2D eigenvalue weighted by atomic mass is 10.0. The highest BCUT2D eigenvalue weighted by Gasteiger charge is 2.26. The van der Waals surface area contributed by atoms with Crippen LogP contribution < -0.4 is 4.90 Å². The lowest BCUT2D eigenvalue weighted by Crippen LogP contribution is -2.19. The predicted octanol–water partition coefficient (Wildman–Crippen LogP) is 4.28. The molecule has 1 heterocycles. The third-order valence-electron chi connectivity index (χ3n) is 3.53. The minimum absolute atomic E-state index is 0.563. The summed E-state index contributed by atoms with van der Waals surface area (Å²) >= 11 is 9.42. The Morgan fingerprint density at radius 3 is 2.44 bits per heavy atom. The average Bonchev–Trinajstić information content (AvgIpc) is 2.59. The van der Waals surface area contributed by atoms with Crippen LogP contribution in [-0.2, 0) is 5.88 Å². The van der Waals surface area contributed by atoms with Crippen LogP contribution in [0.3, 0.4) is 0 Å². The number of nitrogens with zero attached hydrogens (tertiary/aromatic N) is 1. The van der Waals surface area contributed by atoms with Crippen LogP contribution in [0.15, 0.2) is 22.7 Å². The molecule has 0 aromatic heterocycles. The second-order valence-electron chi connectivity index (χ2n) is 4.77. The first-order valence-electron chi connectivity index (χ1n) is 5.71. The summed E-state index contributed by atoms with van der Waals surface area (Å²) in [6, 6.07) is 6.47. The Hall–Kier alpha value is -0.210. The highest BCUT2D eigenvalue weighted by molar-refractivity contribution is 9.10. The van der Waals surface area contributed by atoms with Crippen LogP contribution in [0.4, 0.5) is 5.69 Å². The Bertz CT molecular complexity index is 370. The number of hydrogen-bond donors (Lipinski definition) is 0. The van der Waals surface area contributed by atoms with Gasteiger partial charge in [-0.25, -0.2) is 0 Å². The minimum atomic E-state index is 0.563. The van der Waals surface area contributed by atoms with Crippen molar-refractivity contribution in [2.45, 2.75) is 19.7 Å². The Balaban J connectivity index is 2.19. The van der Waals surface area contributed by atoms with E-state index in [9.17, 15) is 0 Å². The fourth-order valence-electron chi connectivity index (χ4n) is 2.18. The van der Waals surface area contributed by atoms with Gasteiger partial charge in [0.1, 0.15) is 0 Å². The fourth-order valence-corrected chi connectivity index (χ4v) is 3.08. The predicted molar refractivity (Wildman–Crippen MR) is 74.2 cm³/mol. The van der Waals surface area contributed by atoms with Gasteiger partial charge in [0.25, 0.3) is 0 Å². The molecule has 0 N–H and O–H groups in total. The van der Waals surface area contributed by atoms with E-state index in [2.05, 4.69) is 52.9 Å². The van der Waals surface area contributed by atoms with E-state index in [0.717, 1.165) is 35.0 Å².